The number of carbonyl (C=O) groups is 2. The summed E-state index contributed by atoms with van der Waals surface area (Å²) < 4.78 is 30.0. The summed E-state index contributed by atoms with van der Waals surface area (Å²) in [5.41, 5.74) is -1.70. The first kappa shape index (κ1) is 17.3. The van der Waals surface area contributed by atoms with Crippen LogP contribution in [0.15, 0.2) is 11.5 Å². The normalized spacial score (nSPS) is 22.8. The number of ether oxygens (including phenoxy) is 1. The average Bonchev–Trinajstić information content (AvgIpc) is 2.19. The van der Waals surface area contributed by atoms with Crippen LogP contribution in [0.4, 0.5) is 9.59 Å². The van der Waals surface area contributed by atoms with Crippen LogP contribution >= 0.6 is 0 Å². The molecule has 1 atom stereocenters. The lowest BCUT2D eigenvalue weighted by atomic mass is 9.87. The summed E-state index contributed by atoms with van der Waals surface area (Å²) in [5.74, 6) is 0. The molecule has 1 aliphatic rings. The van der Waals surface area contributed by atoms with Gasteiger partial charge in [0.05, 0.1) is 5.54 Å². The molecule has 0 spiro atoms. The van der Waals surface area contributed by atoms with Crippen LogP contribution in [0, 0.1) is 0 Å². The number of sulfonamides is 1. The molecule has 1 unspecified atom stereocenters. The minimum atomic E-state index is -4.04. The first-order valence-corrected chi connectivity index (χ1v) is 7.85. The van der Waals surface area contributed by atoms with Crippen LogP contribution in [0.25, 0.3) is 0 Å². The first-order valence-electron chi connectivity index (χ1n) is 6.30. The highest BCUT2D eigenvalue weighted by atomic mass is 32.2. The largest absolute Gasteiger partial charge is 0.465 e. The number of hydrogen-bond acceptors (Lipinski definition) is 5. The van der Waals surface area contributed by atoms with Crippen LogP contribution in [0.1, 0.15) is 34.1 Å². The lowest BCUT2D eigenvalue weighted by Crippen LogP contribution is -2.58. The maximum atomic E-state index is 11.7. The SMILES string of the molecule is CC(C)(C)OC(=O)NS(=O)(=O)C=CC1(C)CCN1C(=O)O. The molecule has 0 aliphatic carbocycles. The molecule has 1 aliphatic heterocycles. The van der Waals surface area contributed by atoms with Crippen LogP contribution in [0.5, 0.6) is 0 Å². The van der Waals surface area contributed by atoms with Gasteiger partial charge < -0.3 is 9.84 Å². The molecule has 21 heavy (non-hydrogen) atoms. The van der Waals surface area contributed by atoms with Gasteiger partial charge in [0.25, 0.3) is 10.0 Å². The molecule has 0 aromatic carbocycles. The van der Waals surface area contributed by atoms with E-state index in [9.17, 15) is 18.0 Å². The number of amides is 2. The van der Waals surface area contributed by atoms with Gasteiger partial charge in [0.15, 0.2) is 0 Å². The predicted molar refractivity (Wildman–Crippen MR) is 75.2 cm³/mol. The van der Waals surface area contributed by atoms with Gasteiger partial charge >= 0.3 is 12.2 Å². The van der Waals surface area contributed by atoms with E-state index in [1.165, 1.54) is 6.08 Å². The molecule has 1 heterocycles. The van der Waals surface area contributed by atoms with Crippen molar-refractivity contribution in [3.8, 4) is 0 Å². The summed E-state index contributed by atoms with van der Waals surface area (Å²) in [5, 5.41) is 9.71. The molecule has 8 nitrogen and oxygen atoms in total. The van der Waals surface area contributed by atoms with E-state index in [1.807, 2.05) is 0 Å². The van der Waals surface area contributed by atoms with Crippen LogP contribution in [-0.2, 0) is 14.8 Å². The van der Waals surface area contributed by atoms with Crippen molar-refractivity contribution < 1.29 is 27.9 Å². The summed E-state index contributed by atoms with van der Waals surface area (Å²) in [4.78, 5) is 23.4. The summed E-state index contributed by atoms with van der Waals surface area (Å²) in [6.07, 6.45) is -0.443. The average molecular weight is 320 g/mol. The van der Waals surface area contributed by atoms with E-state index in [0.29, 0.717) is 13.0 Å². The number of nitrogens with zero attached hydrogens (tertiary/aromatic N) is 1. The van der Waals surface area contributed by atoms with Crippen LogP contribution in [0.3, 0.4) is 0 Å². The Kier molecular flexibility index (Phi) is 4.57. The van der Waals surface area contributed by atoms with Crippen molar-refractivity contribution in [1.29, 1.82) is 0 Å². The third-order valence-corrected chi connectivity index (χ3v) is 3.87. The fourth-order valence-electron chi connectivity index (χ4n) is 1.75. The van der Waals surface area contributed by atoms with Gasteiger partial charge in [-0.25, -0.2) is 22.7 Å². The van der Waals surface area contributed by atoms with E-state index >= 15 is 0 Å². The second-order valence-corrected chi connectivity index (χ2v) is 7.56. The molecule has 0 aromatic rings. The molecule has 1 saturated heterocycles. The quantitative estimate of drug-likeness (QED) is 0.814. The molecule has 0 bridgehead atoms. The molecular formula is C12H20N2O6S. The fraction of sp³-hybridized carbons (Fsp3) is 0.667. The van der Waals surface area contributed by atoms with Gasteiger partial charge in [-0.15, -0.1) is 0 Å². The zero-order chi connectivity index (χ0) is 16.5. The highest BCUT2D eigenvalue weighted by Crippen LogP contribution is 2.31. The number of likely N-dealkylation sites (tertiary alicyclic amines) is 1. The maximum Gasteiger partial charge on any atom is 0.421 e. The van der Waals surface area contributed by atoms with Crippen molar-refractivity contribution in [3.05, 3.63) is 11.5 Å². The standard InChI is InChI=1S/C12H20N2O6S/c1-11(2,3)20-9(15)13-21(18,19)8-6-12(4)5-7-14(12)10(16)17/h6,8H,5,7H2,1-4H3,(H,13,15)(H,16,17). The Morgan fingerprint density at radius 3 is 2.33 bits per heavy atom. The smallest absolute Gasteiger partial charge is 0.421 e. The van der Waals surface area contributed by atoms with Gasteiger partial charge in [-0.1, -0.05) is 0 Å². The Balaban J connectivity index is 2.71. The maximum absolute atomic E-state index is 11.7. The van der Waals surface area contributed by atoms with E-state index in [2.05, 4.69) is 0 Å². The van der Waals surface area contributed by atoms with E-state index in [-0.39, 0.29) is 0 Å². The Morgan fingerprint density at radius 2 is 1.95 bits per heavy atom. The molecule has 0 radical (unpaired) electrons. The molecular weight excluding hydrogens is 300 g/mol. The highest BCUT2D eigenvalue weighted by molar-refractivity contribution is 7.92. The fourth-order valence-corrected chi connectivity index (χ4v) is 2.56. The molecule has 1 fully saturated rings. The Bertz CT molecular complexity index is 563. The van der Waals surface area contributed by atoms with Gasteiger partial charge in [-0.3, -0.25) is 4.90 Å². The second-order valence-electron chi connectivity index (χ2n) is 5.99. The van der Waals surface area contributed by atoms with Crippen molar-refractivity contribution in [2.24, 2.45) is 0 Å². The monoisotopic (exact) mass is 320 g/mol. The van der Waals surface area contributed by atoms with E-state index < -0.39 is 33.3 Å². The van der Waals surface area contributed by atoms with Gasteiger partial charge in [0.2, 0.25) is 0 Å². The van der Waals surface area contributed by atoms with E-state index in [4.69, 9.17) is 9.84 Å². The van der Waals surface area contributed by atoms with Crippen molar-refractivity contribution >= 4 is 22.2 Å². The molecule has 120 valence electrons. The van der Waals surface area contributed by atoms with Crippen molar-refractivity contribution in [3.63, 3.8) is 0 Å². The number of carboxylic acid groups (broad SMARTS) is 1. The number of nitrogens with one attached hydrogen (secondary N) is 1. The minimum absolute atomic E-state index is 0.343. The van der Waals surface area contributed by atoms with Gasteiger partial charge in [-0.2, -0.15) is 0 Å². The summed E-state index contributed by atoms with van der Waals surface area (Å²) in [6, 6.07) is 0. The second kappa shape index (κ2) is 5.55. The number of rotatable bonds is 3. The molecule has 0 aromatic heterocycles. The topological polar surface area (TPSA) is 113 Å². The Morgan fingerprint density at radius 1 is 1.38 bits per heavy atom. The zero-order valence-electron chi connectivity index (χ0n) is 12.4. The van der Waals surface area contributed by atoms with Gasteiger partial charge in [-0.05, 0) is 40.2 Å². The third-order valence-electron chi connectivity index (χ3n) is 2.92. The Labute approximate surface area is 123 Å². The molecule has 9 heteroatoms. The van der Waals surface area contributed by atoms with Gasteiger partial charge in [0.1, 0.15) is 5.60 Å². The third kappa shape index (κ3) is 4.92. The summed E-state index contributed by atoms with van der Waals surface area (Å²) in [6.45, 7) is 6.76. The lowest BCUT2D eigenvalue weighted by Gasteiger charge is -2.46. The number of carbonyl (C=O) groups excluding carboxylic acids is 1. The molecule has 2 amide bonds. The van der Waals surface area contributed by atoms with Gasteiger partial charge in [0, 0.05) is 12.0 Å². The summed E-state index contributed by atoms with van der Waals surface area (Å²) >= 11 is 0. The van der Waals surface area contributed by atoms with Crippen LogP contribution < -0.4 is 4.72 Å². The summed E-state index contributed by atoms with van der Waals surface area (Å²) in [7, 11) is -4.04. The highest BCUT2D eigenvalue weighted by Gasteiger charge is 2.42. The molecule has 1 rings (SSSR count). The zero-order valence-corrected chi connectivity index (χ0v) is 13.2. The van der Waals surface area contributed by atoms with E-state index in [1.54, 1.807) is 32.4 Å². The van der Waals surface area contributed by atoms with Crippen molar-refractivity contribution in [2.75, 3.05) is 6.54 Å². The van der Waals surface area contributed by atoms with Crippen LogP contribution in [0.2, 0.25) is 0 Å². The molecule has 2 N–H and O–H groups in total. The molecule has 0 saturated carbocycles. The Hall–Kier alpha value is -1.77. The van der Waals surface area contributed by atoms with Crippen LogP contribution in [-0.4, -0.2) is 48.3 Å². The van der Waals surface area contributed by atoms with Crippen molar-refractivity contribution in [1.82, 2.24) is 9.62 Å². The first-order chi connectivity index (χ1) is 9.35. The van der Waals surface area contributed by atoms with Crippen molar-refractivity contribution in [2.45, 2.75) is 45.3 Å². The number of hydrogen-bond donors (Lipinski definition) is 2. The van der Waals surface area contributed by atoms with E-state index in [0.717, 1.165) is 10.3 Å². The lowest BCUT2D eigenvalue weighted by molar-refractivity contribution is 0.0428. The predicted octanol–water partition coefficient (Wildman–Crippen LogP) is 1.50. The minimum Gasteiger partial charge on any atom is -0.465 e.